The number of likely N-dealkylation sites (tertiary alicyclic amines) is 1. The third-order valence-electron chi connectivity index (χ3n) is 4.43. The van der Waals surface area contributed by atoms with Gasteiger partial charge in [-0.15, -0.1) is 0 Å². The van der Waals surface area contributed by atoms with Gasteiger partial charge < -0.3 is 4.74 Å². The first-order valence-corrected chi connectivity index (χ1v) is 10.5. The Morgan fingerprint density at radius 2 is 1.64 bits per heavy atom. The van der Waals surface area contributed by atoms with Gasteiger partial charge in [-0.25, -0.2) is 8.42 Å². The van der Waals surface area contributed by atoms with Gasteiger partial charge in [0.25, 0.3) is 0 Å². The molecule has 1 aliphatic rings. The first kappa shape index (κ1) is 18.2. The van der Waals surface area contributed by atoms with Gasteiger partial charge in [0, 0.05) is 5.02 Å². The van der Waals surface area contributed by atoms with Gasteiger partial charge in [-0.2, -0.15) is 0 Å². The zero-order chi connectivity index (χ0) is 17.7. The minimum Gasteiger partial charge on any atom is -0.492 e. The zero-order valence-corrected chi connectivity index (χ0v) is 15.5. The van der Waals surface area contributed by atoms with Crippen molar-refractivity contribution in [3.05, 3.63) is 59.6 Å². The van der Waals surface area contributed by atoms with E-state index in [0.717, 1.165) is 25.9 Å². The summed E-state index contributed by atoms with van der Waals surface area (Å²) in [7, 11) is -3.35. The molecule has 0 aliphatic carbocycles. The molecule has 1 fully saturated rings. The second-order valence-corrected chi connectivity index (χ2v) is 8.73. The van der Waals surface area contributed by atoms with Gasteiger partial charge in [-0.05, 0) is 62.3 Å². The van der Waals surface area contributed by atoms with Crippen LogP contribution in [0.5, 0.6) is 5.75 Å². The molecule has 6 heteroatoms. The third kappa shape index (κ3) is 4.97. The molecule has 0 saturated carbocycles. The summed E-state index contributed by atoms with van der Waals surface area (Å²) in [4.78, 5) is 2.59. The Kier molecular flexibility index (Phi) is 5.99. The largest absolute Gasteiger partial charge is 0.492 e. The highest BCUT2D eigenvalue weighted by atomic mass is 35.5. The summed E-state index contributed by atoms with van der Waals surface area (Å²) in [6, 6.07) is 15.6. The van der Waals surface area contributed by atoms with Gasteiger partial charge >= 0.3 is 0 Å². The summed E-state index contributed by atoms with van der Waals surface area (Å²) < 4.78 is 31.4. The summed E-state index contributed by atoms with van der Waals surface area (Å²) in [5.41, 5.74) is 0. The molecule has 1 aliphatic heterocycles. The molecule has 3 rings (SSSR count). The molecular weight excluding hydrogens is 358 g/mol. The molecule has 0 N–H and O–H groups in total. The molecule has 2 aromatic rings. The van der Waals surface area contributed by atoms with Crippen molar-refractivity contribution in [2.24, 2.45) is 0 Å². The van der Waals surface area contributed by atoms with Crippen LogP contribution in [0, 0.1) is 0 Å². The molecule has 0 amide bonds. The molecule has 1 atom stereocenters. The van der Waals surface area contributed by atoms with Gasteiger partial charge in [-0.3, -0.25) is 4.90 Å². The highest BCUT2D eigenvalue weighted by molar-refractivity contribution is 7.91. The number of hydrogen-bond donors (Lipinski definition) is 0. The summed E-state index contributed by atoms with van der Waals surface area (Å²) in [5, 5.41) is 0.648. The van der Waals surface area contributed by atoms with Crippen LogP contribution in [-0.4, -0.2) is 44.8 Å². The minimum absolute atomic E-state index is 0.0601. The SMILES string of the molecule is O=S(=O)(CC(COc1ccc(Cl)cc1)N1CCCC1)c1ccccc1. The third-order valence-corrected chi connectivity index (χ3v) is 6.49. The molecule has 0 bridgehead atoms. The number of hydrogen-bond acceptors (Lipinski definition) is 4. The Morgan fingerprint density at radius 1 is 1.00 bits per heavy atom. The fraction of sp³-hybridized carbons (Fsp3) is 0.368. The number of halogens is 1. The predicted octanol–water partition coefficient (Wildman–Crippen LogP) is 3.66. The zero-order valence-electron chi connectivity index (χ0n) is 14.0. The lowest BCUT2D eigenvalue weighted by molar-refractivity contribution is 0.174. The molecule has 1 saturated heterocycles. The van der Waals surface area contributed by atoms with Crippen LogP contribution in [0.1, 0.15) is 12.8 Å². The van der Waals surface area contributed by atoms with E-state index in [9.17, 15) is 8.42 Å². The van der Waals surface area contributed by atoms with E-state index < -0.39 is 9.84 Å². The topological polar surface area (TPSA) is 46.6 Å². The van der Waals surface area contributed by atoms with Crippen LogP contribution in [0.3, 0.4) is 0 Å². The van der Waals surface area contributed by atoms with E-state index in [2.05, 4.69) is 4.90 Å². The average Bonchev–Trinajstić information content (AvgIpc) is 3.15. The molecule has 1 heterocycles. The van der Waals surface area contributed by atoms with E-state index in [1.807, 2.05) is 6.07 Å². The monoisotopic (exact) mass is 379 g/mol. The molecule has 1 unspecified atom stereocenters. The highest BCUT2D eigenvalue weighted by Gasteiger charge is 2.28. The lowest BCUT2D eigenvalue weighted by Crippen LogP contribution is -2.42. The quantitative estimate of drug-likeness (QED) is 0.736. The summed E-state index contributed by atoms with van der Waals surface area (Å²) >= 11 is 5.89. The van der Waals surface area contributed by atoms with E-state index in [1.165, 1.54) is 0 Å². The fourth-order valence-electron chi connectivity index (χ4n) is 3.07. The van der Waals surface area contributed by atoms with E-state index in [4.69, 9.17) is 16.3 Å². The molecule has 134 valence electrons. The highest BCUT2D eigenvalue weighted by Crippen LogP contribution is 2.20. The van der Waals surface area contributed by atoms with Crippen molar-refractivity contribution in [2.45, 2.75) is 23.8 Å². The van der Waals surface area contributed by atoms with Crippen LogP contribution in [0.2, 0.25) is 5.02 Å². The molecule has 0 spiro atoms. The average molecular weight is 380 g/mol. The van der Waals surface area contributed by atoms with Crippen LogP contribution in [0.15, 0.2) is 59.5 Å². The molecular formula is C19H22ClNO3S. The van der Waals surface area contributed by atoms with Crippen LogP contribution in [0.4, 0.5) is 0 Å². The Morgan fingerprint density at radius 3 is 2.28 bits per heavy atom. The van der Waals surface area contributed by atoms with Crippen molar-refractivity contribution in [3.8, 4) is 5.75 Å². The maximum atomic E-state index is 12.8. The molecule has 0 aromatic heterocycles. The summed E-state index contributed by atoms with van der Waals surface area (Å²) in [5.74, 6) is 0.760. The number of nitrogens with zero attached hydrogens (tertiary/aromatic N) is 1. The Balaban J connectivity index is 1.72. The van der Waals surface area contributed by atoms with Crippen molar-refractivity contribution in [1.29, 1.82) is 0 Å². The fourth-order valence-corrected chi connectivity index (χ4v) is 4.77. The van der Waals surface area contributed by atoms with Crippen molar-refractivity contribution >= 4 is 21.4 Å². The number of rotatable bonds is 7. The molecule has 25 heavy (non-hydrogen) atoms. The van der Waals surface area contributed by atoms with Gasteiger partial charge in [-0.1, -0.05) is 29.8 Å². The maximum Gasteiger partial charge on any atom is 0.180 e. The van der Waals surface area contributed by atoms with Crippen molar-refractivity contribution < 1.29 is 13.2 Å². The minimum atomic E-state index is -3.35. The van der Waals surface area contributed by atoms with Crippen molar-refractivity contribution in [1.82, 2.24) is 4.90 Å². The Labute approximate surface area is 154 Å². The second-order valence-electron chi connectivity index (χ2n) is 6.26. The number of sulfone groups is 1. The first-order valence-electron chi connectivity index (χ1n) is 8.45. The maximum absolute atomic E-state index is 12.8. The Bertz CT molecular complexity index is 772. The lowest BCUT2D eigenvalue weighted by atomic mass is 10.3. The standard InChI is InChI=1S/C19H22ClNO3S/c20-16-8-10-18(11-9-16)24-14-17(21-12-4-5-13-21)15-25(22,23)19-6-2-1-3-7-19/h1-3,6-11,17H,4-5,12-15H2. The van der Waals surface area contributed by atoms with Crippen LogP contribution >= 0.6 is 11.6 Å². The van der Waals surface area contributed by atoms with Gasteiger partial charge in [0.15, 0.2) is 9.84 Å². The first-order chi connectivity index (χ1) is 12.0. The van der Waals surface area contributed by atoms with E-state index >= 15 is 0 Å². The van der Waals surface area contributed by atoms with E-state index in [1.54, 1.807) is 48.5 Å². The van der Waals surface area contributed by atoms with Crippen LogP contribution < -0.4 is 4.74 Å². The summed E-state index contributed by atoms with van der Waals surface area (Å²) in [6.45, 7) is 2.17. The number of benzene rings is 2. The molecule has 0 radical (unpaired) electrons. The van der Waals surface area contributed by atoms with Gasteiger partial charge in [0.1, 0.15) is 12.4 Å². The number of ether oxygens (including phenoxy) is 1. The van der Waals surface area contributed by atoms with E-state index in [-0.39, 0.29) is 11.8 Å². The summed E-state index contributed by atoms with van der Waals surface area (Å²) in [6.07, 6.45) is 2.20. The van der Waals surface area contributed by atoms with Gasteiger partial charge in [0.2, 0.25) is 0 Å². The smallest absolute Gasteiger partial charge is 0.180 e. The normalized spacial score (nSPS) is 16.7. The predicted molar refractivity (Wildman–Crippen MR) is 100 cm³/mol. The van der Waals surface area contributed by atoms with Crippen molar-refractivity contribution in [2.75, 3.05) is 25.4 Å². The van der Waals surface area contributed by atoms with Crippen LogP contribution in [-0.2, 0) is 9.84 Å². The van der Waals surface area contributed by atoms with Gasteiger partial charge in [0.05, 0.1) is 16.7 Å². The van der Waals surface area contributed by atoms with Crippen LogP contribution in [0.25, 0.3) is 0 Å². The second kappa shape index (κ2) is 8.21. The Hall–Kier alpha value is -1.56. The molecule has 4 nitrogen and oxygen atoms in total. The van der Waals surface area contributed by atoms with Crippen molar-refractivity contribution in [3.63, 3.8) is 0 Å². The lowest BCUT2D eigenvalue weighted by Gasteiger charge is -2.27. The van der Waals surface area contributed by atoms with E-state index in [0.29, 0.717) is 22.3 Å². The molecule has 2 aromatic carbocycles.